The molecule has 1 aliphatic carbocycles. The molecule has 1 fully saturated rings. The quantitative estimate of drug-likeness (QED) is 0.622. The van der Waals surface area contributed by atoms with Crippen molar-refractivity contribution in [2.45, 2.75) is 32.4 Å². The molecule has 0 aromatic carbocycles. The molecule has 1 aliphatic rings. The third-order valence-corrected chi connectivity index (χ3v) is 3.39. The molecular formula is C14H12F3NO3. The molecule has 0 unspecified atom stereocenters. The van der Waals surface area contributed by atoms with Crippen molar-refractivity contribution in [2.75, 3.05) is 0 Å². The number of carbonyl (C=O) groups is 3. The lowest BCUT2D eigenvalue weighted by molar-refractivity contribution is -0.141. The summed E-state index contributed by atoms with van der Waals surface area (Å²) in [5.74, 6) is -3.11. The molecule has 7 heteroatoms. The Morgan fingerprint density at radius 3 is 2.24 bits per heavy atom. The van der Waals surface area contributed by atoms with E-state index in [-0.39, 0.29) is 24.1 Å². The highest BCUT2D eigenvalue weighted by atomic mass is 19.4. The molecule has 0 radical (unpaired) electrons. The van der Waals surface area contributed by atoms with Crippen molar-refractivity contribution < 1.29 is 27.6 Å². The summed E-state index contributed by atoms with van der Waals surface area (Å²) in [7, 11) is 0. The first-order valence-corrected chi connectivity index (χ1v) is 6.36. The Balaban J connectivity index is 2.36. The summed E-state index contributed by atoms with van der Waals surface area (Å²) in [6.07, 6.45) is -3.93. The van der Waals surface area contributed by atoms with Crippen LogP contribution >= 0.6 is 0 Å². The topological polar surface area (TPSA) is 64.1 Å². The normalized spacial score (nSPS) is 17.1. The van der Waals surface area contributed by atoms with Gasteiger partial charge in [0.15, 0.2) is 17.3 Å². The fraction of sp³-hybridized carbons (Fsp3) is 0.429. The number of halogens is 3. The zero-order valence-corrected chi connectivity index (χ0v) is 11.2. The third kappa shape index (κ3) is 3.01. The summed E-state index contributed by atoms with van der Waals surface area (Å²) in [6.45, 7) is 1.25. The Hall–Kier alpha value is -2.05. The lowest BCUT2D eigenvalue weighted by Crippen LogP contribution is -2.35. The highest BCUT2D eigenvalue weighted by Crippen LogP contribution is 2.29. The number of aromatic nitrogens is 1. The zero-order valence-electron chi connectivity index (χ0n) is 11.2. The van der Waals surface area contributed by atoms with Crippen LogP contribution in [-0.4, -0.2) is 22.3 Å². The fourth-order valence-electron chi connectivity index (χ4n) is 2.33. The molecule has 0 bridgehead atoms. The number of ketones is 3. The molecule has 0 aliphatic heterocycles. The van der Waals surface area contributed by atoms with E-state index in [9.17, 15) is 27.6 Å². The number of aryl methyl sites for hydroxylation is 1. The fourth-order valence-corrected chi connectivity index (χ4v) is 2.33. The van der Waals surface area contributed by atoms with Crippen LogP contribution in [0.1, 0.15) is 41.0 Å². The Bertz CT molecular complexity index is 606. The van der Waals surface area contributed by atoms with Gasteiger partial charge in [0.25, 0.3) is 0 Å². The predicted octanol–water partition coefficient (Wildman–Crippen LogP) is 2.53. The number of Topliss-reactive ketones (excluding diaryl/α,β-unsaturated/α-hetero) is 3. The molecule has 1 aromatic rings. The minimum Gasteiger partial charge on any atom is -0.298 e. The molecule has 1 aromatic heterocycles. The Morgan fingerprint density at radius 2 is 1.76 bits per heavy atom. The van der Waals surface area contributed by atoms with Gasteiger partial charge in [-0.05, 0) is 25.5 Å². The average Bonchev–Trinajstić information content (AvgIpc) is 2.37. The van der Waals surface area contributed by atoms with E-state index in [1.807, 2.05) is 0 Å². The van der Waals surface area contributed by atoms with Crippen LogP contribution < -0.4 is 0 Å². The van der Waals surface area contributed by atoms with E-state index in [0.29, 0.717) is 12.5 Å². The van der Waals surface area contributed by atoms with E-state index >= 15 is 0 Å². The van der Waals surface area contributed by atoms with E-state index < -0.39 is 35.1 Å². The van der Waals surface area contributed by atoms with Crippen molar-refractivity contribution in [1.29, 1.82) is 0 Å². The van der Waals surface area contributed by atoms with Gasteiger partial charge in [-0.2, -0.15) is 13.2 Å². The molecule has 112 valence electrons. The summed E-state index contributed by atoms with van der Waals surface area (Å²) in [6, 6.07) is 1.65. The van der Waals surface area contributed by atoms with Gasteiger partial charge >= 0.3 is 6.18 Å². The second-order valence-electron chi connectivity index (χ2n) is 4.91. The highest BCUT2D eigenvalue weighted by Gasteiger charge is 2.38. The number of carbonyl (C=O) groups excluding carboxylic acids is 3. The van der Waals surface area contributed by atoms with Crippen molar-refractivity contribution in [3.8, 4) is 0 Å². The number of rotatable bonds is 2. The smallest absolute Gasteiger partial charge is 0.298 e. The number of pyridine rings is 1. The maximum Gasteiger partial charge on any atom is 0.433 e. The molecule has 0 saturated heterocycles. The van der Waals surface area contributed by atoms with Crippen molar-refractivity contribution in [2.24, 2.45) is 5.92 Å². The summed E-state index contributed by atoms with van der Waals surface area (Å²) in [5, 5.41) is 0. The van der Waals surface area contributed by atoms with Crippen LogP contribution in [0.2, 0.25) is 0 Å². The Morgan fingerprint density at radius 1 is 1.19 bits per heavy atom. The van der Waals surface area contributed by atoms with Crippen molar-refractivity contribution >= 4 is 17.3 Å². The molecule has 1 saturated carbocycles. The van der Waals surface area contributed by atoms with Gasteiger partial charge < -0.3 is 0 Å². The van der Waals surface area contributed by atoms with Crippen LogP contribution in [0.5, 0.6) is 0 Å². The molecule has 21 heavy (non-hydrogen) atoms. The van der Waals surface area contributed by atoms with E-state index in [1.165, 1.54) is 6.92 Å². The lowest BCUT2D eigenvalue weighted by atomic mass is 9.81. The monoisotopic (exact) mass is 299 g/mol. The maximum absolute atomic E-state index is 12.5. The molecule has 4 nitrogen and oxygen atoms in total. The van der Waals surface area contributed by atoms with Gasteiger partial charge in [-0.25, -0.2) is 4.98 Å². The Kier molecular flexibility index (Phi) is 3.93. The van der Waals surface area contributed by atoms with Crippen LogP contribution in [0.15, 0.2) is 12.1 Å². The van der Waals surface area contributed by atoms with E-state index in [0.717, 1.165) is 6.07 Å². The van der Waals surface area contributed by atoms with Gasteiger partial charge in [0.1, 0.15) is 11.6 Å². The van der Waals surface area contributed by atoms with Gasteiger partial charge in [0.2, 0.25) is 0 Å². The van der Waals surface area contributed by atoms with E-state index in [4.69, 9.17) is 0 Å². The van der Waals surface area contributed by atoms with Crippen molar-refractivity contribution in [3.05, 3.63) is 29.1 Å². The number of alkyl halides is 3. The molecule has 0 amide bonds. The van der Waals surface area contributed by atoms with Gasteiger partial charge in [0, 0.05) is 24.1 Å². The highest BCUT2D eigenvalue weighted by molar-refractivity contribution is 6.25. The minimum atomic E-state index is -4.61. The third-order valence-electron chi connectivity index (χ3n) is 3.39. The molecule has 0 atom stereocenters. The van der Waals surface area contributed by atoms with Crippen LogP contribution in [-0.2, 0) is 15.8 Å². The zero-order chi connectivity index (χ0) is 15.8. The molecule has 1 heterocycles. The lowest BCUT2D eigenvalue weighted by Gasteiger charge is -2.19. The van der Waals surface area contributed by atoms with Gasteiger partial charge in [-0.15, -0.1) is 0 Å². The molecule has 0 spiro atoms. The second-order valence-corrected chi connectivity index (χ2v) is 4.91. The van der Waals surface area contributed by atoms with Crippen LogP contribution in [0, 0.1) is 12.8 Å². The van der Waals surface area contributed by atoms with Crippen LogP contribution in [0.25, 0.3) is 0 Å². The largest absolute Gasteiger partial charge is 0.433 e. The summed E-state index contributed by atoms with van der Waals surface area (Å²) in [4.78, 5) is 39.0. The summed E-state index contributed by atoms with van der Waals surface area (Å²) in [5.41, 5.74) is -1.37. The first-order chi connectivity index (χ1) is 9.71. The van der Waals surface area contributed by atoms with E-state index in [1.54, 1.807) is 0 Å². The SMILES string of the molecule is Cc1nc(C(F)(F)F)ccc1C(=O)C1C(=O)CCCC1=O. The van der Waals surface area contributed by atoms with Gasteiger partial charge in [-0.3, -0.25) is 14.4 Å². The first kappa shape index (κ1) is 15.3. The summed E-state index contributed by atoms with van der Waals surface area (Å²) >= 11 is 0. The first-order valence-electron chi connectivity index (χ1n) is 6.36. The predicted molar refractivity (Wildman–Crippen MR) is 65.7 cm³/mol. The van der Waals surface area contributed by atoms with Gasteiger partial charge in [0.05, 0.1) is 0 Å². The van der Waals surface area contributed by atoms with Crippen LogP contribution in [0.3, 0.4) is 0 Å². The van der Waals surface area contributed by atoms with E-state index in [2.05, 4.69) is 4.98 Å². The molecule has 0 N–H and O–H groups in total. The second kappa shape index (κ2) is 5.38. The molecule has 2 rings (SSSR count). The molecular weight excluding hydrogens is 287 g/mol. The number of nitrogens with zero attached hydrogens (tertiary/aromatic N) is 1. The average molecular weight is 299 g/mol. The van der Waals surface area contributed by atoms with Crippen molar-refractivity contribution in [3.63, 3.8) is 0 Å². The Labute approximate surface area is 118 Å². The summed E-state index contributed by atoms with van der Waals surface area (Å²) < 4.78 is 37.6. The van der Waals surface area contributed by atoms with Gasteiger partial charge in [-0.1, -0.05) is 0 Å². The standard InChI is InChI=1S/C14H12F3NO3/c1-7-8(5-6-11(18-7)14(15,16)17)13(21)12-9(19)3-2-4-10(12)20/h5-6,12H,2-4H2,1H3. The number of hydrogen-bond acceptors (Lipinski definition) is 4. The van der Waals surface area contributed by atoms with Crippen molar-refractivity contribution in [1.82, 2.24) is 4.98 Å². The van der Waals surface area contributed by atoms with Crippen LogP contribution in [0.4, 0.5) is 13.2 Å². The minimum absolute atomic E-state index is 0.114. The number of hydrogen-bond donors (Lipinski definition) is 0. The maximum atomic E-state index is 12.5.